The highest BCUT2D eigenvalue weighted by Crippen LogP contribution is 2.29. The number of carbonyl (C=O) groups is 1. The number of hydrogen-bond donors (Lipinski definition) is 0. The topological polar surface area (TPSA) is 88.4 Å². The largest absolute Gasteiger partial charge is 0.340 e. The number of benzene rings is 1. The molecule has 2 aliphatic heterocycles. The van der Waals surface area contributed by atoms with Crippen molar-refractivity contribution in [2.45, 2.75) is 38.1 Å². The third kappa shape index (κ3) is 4.54. The van der Waals surface area contributed by atoms with Crippen LogP contribution in [0.25, 0.3) is 0 Å². The van der Waals surface area contributed by atoms with Crippen molar-refractivity contribution in [3.8, 4) is 0 Å². The zero-order valence-corrected chi connectivity index (χ0v) is 17.8. The number of rotatable bonds is 4. The third-order valence-corrected chi connectivity index (χ3v) is 7.24. The third-order valence-electron chi connectivity index (χ3n) is 5.94. The number of carbonyl (C=O) groups excluding carboxylic acids is 1. The molecule has 0 atom stereocenters. The number of amides is 1. The SMILES string of the molecule is CS(=O)(=O)N1CCC(c2nnc3n2CCN(C(=O)Cc2cccc(F)c2)CC3)CC1. The fourth-order valence-corrected chi connectivity index (χ4v) is 5.15. The van der Waals surface area contributed by atoms with Gasteiger partial charge in [0.05, 0.1) is 12.7 Å². The fourth-order valence-electron chi connectivity index (χ4n) is 4.28. The van der Waals surface area contributed by atoms with E-state index in [0.717, 1.165) is 11.6 Å². The van der Waals surface area contributed by atoms with Gasteiger partial charge in [-0.25, -0.2) is 17.1 Å². The standard InChI is InChI=1S/C20H26FN5O3S/c1-30(28,29)25-9-5-16(6-10-25)20-23-22-18-7-8-24(11-12-26(18)20)19(27)14-15-3-2-4-17(21)13-15/h2-4,13,16H,5-12,14H2,1H3. The van der Waals surface area contributed by atoms with Crippen LogP contribution in [0.5, 0.6) is 0 Å². The molecule has 0 aliphatic carbocycles. The first-order chi connectivity index (χ1) is 14.3. The molecule has 0 spiro atoms. The van der Waals surface area contributed by atoms with Crippen molar-refractivity contribution in [3.63, 3.8) is 0 Å². The maximum Gasteiger partial charge on any atom is 0.227 e. The summed E-state index contributed by atoms with van der Waals surface area (Å²) in [6.45, 7) is 2.69. The minimum absolute atomic E-state index is 0.0256. The summed E-state index contributed by atoms with van der Waals surface area (Å²) in [5.41, 5.74) is 0.668. The average molecular weight is 436 g/mol. The lowest BCUT2D eigenvalue weighted by Gasteiger charge is -2.30. The Balaban J connectivity index is 1.40. The molecule has 2 aromatic rings. The van der Waals surface area contributed by atoms with Gasteiger partial charge in [0.2, 0.25) is 15.9 Å². The van der Waals surface area contributed by atoms with E-state index in [0.29, 0.717) is 57.5 Å². The molecule has 1 fully saturated rings. The Morgan fingerprint density at radius 2 is 1.90 bits per heavy atom. The van der Waals surface area contributed by atoms with Crippen molar-refractivity contribution < 1.29 is 17.6 Å². The monoisotopic (exact) mass is 435 g/mol. The quantitative estimate of drug-likeness (QED) is 0.720. The maximum atomic E-state index is 13.4. The summed E-state index contributed by atoms with van der Waals surface area (Å²) in [4.78, 5) is 14.5. The van der Waals surface area contributed by atoms with E-state index in [1.807, 2.05) is 0 Å². The van der Waals surface area contributed by atoms with Gasteiger partial charge in [-0.15, -0.1) is 10.2 Å². The zero-order valence-electron chi connectivity index (χ0n) is 17.0. The first kappa shape index (κ1) is 20.9. The minimum Gasteiger partial charge on any atom is -0.340 e. The molecule has 3 heterocycles. The molecule has 4 rings (SSSR count). The molecule has 2 aliphatic rings. The van der Waals surface area contributed by atoms with Crippen molar-refractivity contribution in [3.05, 3.63) is 47.3 Å². The lowest BCUT2D eigenvalue weighted by atomic mass is 9.97. The number of nitrogens with zero attached hydrogens (tertiary/aromatic N) is 5. The highest BCUT2D eigenvalue weighted by Gasteiger charge is 2.30. The number of fused-ring (bicyclic) bond motifs is 1. The molecule has 0 N–H and O–H groups in total. The summed E-state index contributed by atoms with van der Waals surface area (Å²) < 4.78 is 40.5. The number of piperidine rings is 1. The van der Waals surface area contributed by atoms with Crippen LogP contribution in [0.2, 0.25) is 0 Å². The second kappa shape index (κ2) is 8.43. The van der Waals surface area contributed by atoms with Crippen LogP contribution in [-0.4, -0.2) is 70.7 Å². The van der Waals surface area contributed by atoms with Gasteiger partial charge in [-0.05, 0) is 30.5 Å². The van der Waals surface area contributed by atoms with Gasteiger partial charge in [0.15, 0.2) is 0 Å². The van der Waals surface area contributed by atoms with Crippen LogP contribution in [0.4, 0.5) is 4.39 Å². The van der Waals surface area contributed by atoms with Gasteiger partial charge < -0.3 is 9.47 Å². The Hall–Kier alpha value is -2.33. The summed E-state index contributed by atoms with van der Waals surface area (Å²) in [6.07, 6.45) is 3.46. The van der Waals surface area contributed by atoms with Crippen LogP contribution in [0, 0.1) is 5.82 Å². The Morgan fingerprint density at radius 3 is 2.60 bits per heavy atom. The predicted molar refractivity (Wildman–Crippen MR) is 109 cm³/mol. The summed E-state index contributed by atoms with van der Waals surface area (Å²) in [5.74, 6) is 1.55. The van der Waals surface area contributed by atoms with E-state index < -0.39 is 10.0 Å². The Kier molecular flexibility index (Phi) is 5.88. The molecular formula is C20H26FN5O3S. The number of sulfonamides is 1. The molecule has 1 saturated heterocycles. The van der Waals surface area contributed by atoms with E-state index in [4.69, 9.17) is 0 Å². The molecule has 1 aromatic carbocycles. The number of hydrogen-bond acceptors (Lipinski definition) is 5. The lowest BCUT2D eigenvalue weighted by molar-refractivity contribution is -0.130. The molecule has 0 radical (unpaired) electrons. The Bertz CT molecular complexity index is 1030. The molecule has 1 amide bonds. The molecular weight excluding hydrogens is 409 g/mol. The van der Waals surface area contributed by atoms with Crippen molar-refractivity contribution in [1.29, 1.82) is 0 Å². The van der Waals surface area contributed by atoms with Gasteiger partial charge in [-0.3, -0.25) is 4.79 Å². The molecule has 10 heteroatoms. The van der Waals surface area contributed by atoms with Crippen LogP contribution in [0.1, 0.15) is 36.0 Å². The number of halogens is 1. The van der Waals surface area contributed by atoms with Gasteiger partial charge in [0.25, 0.3) is 0 Å². The van der Waals surface area contributed by atoms with E-state index in [1.165, 1.54) is 22.7 Å². The minimum atomic E-state index is -3.16. The van der Waals surface area contributed by atoms with Crippen LogP contribution in [-0.2, 0) is 34.2 Å². The molecule has 0 unspecified atom stereocenters. The molecule has 0 saturated carbocycles. The van der Waals surface area contributed by atoms with Crippen molar-refractivity contribution >= 4 is 15.9 Å². The van der Waals surface area contributed by atoms with Gasteiger partial charge in [0, 0.05) is 45.1 Å². The second-order valence-electron chi connectivity index (χ2n) is 8.00. The second-order valence-corrected chi connectivity index (χ2v) is 9.98. The van der Waals surface area contributed by atoms with Crippen molar-refractivity contribution in [2.75, 3.05) is 32.4 Å². The van der Waals surface area contributed by atoms with Gasteiger partial charge in [-0.2, -0.15) is 0 Å². The van der Waals surface area contributed by atoms with E-state index in [1.54, 1.807) is 17.0 Å². The van der Waals surface area contributed by atoms with E-state index in [-0.39, 0.29) is 24.1 Å². The fraction of sp³-hybridized carbons (Fsp3) is 0.550. The van der Waals surface area contributed by atoms with Crippen molar-refractivity contribution in [2.24, 2.45) is 0 Å². The van der Waals surface area contributed by atoms with Gasteiger partial charge >= 0.3 is 0 Å². The summed E-state index contributed by atoms with van der Waals surface area (Å²) in [7, 11) is -3.16. The smallest absolute Gasteiger partial charge is 0.227 e. The lowest BCUT2D eigenvalue weighted by Crippen LogP contribution is -2.38. The van der Waals surface area contributed by atoms with Crippen LogP contribution in [0.3, 0.4) is 0 Å². The van der Waals surface area contributed by atoms with Gasteiger partial charge in [0.1, 0.15) is 17.5 Å². The molecule has 1 aromatic heterocycles. The first-order valence-electron chi connectivity index (χ1n) is 10.2. The maximum absolute atomic E-state index is 13.4. The van der Waals surface area contributed by atoms with Crippen LogP contribution < -0.4 is 0 Å². The zero-order chi connectivity index (χ0) is 21.3. The number of aromatic nitrogens is 3. The van der Waals surface area contributed by atoms with Gasteiger partial charge in [-0.1, -0.05) is 12.1 Å². The molecule has 162 valence electrons. The van der Waals surface area contributed by atoms with Crippen LogP contribution >= 0.6 is 0 Å². The van der Waals surface area contributed by atoms with Crippen LogP contribution in [0.15, 0.2) is 24.3 Å². The van der Waals surface area contributed by atoms with E-state index in [2.05, 4.69) is 14.8 Å². The molecule has 0 bridgehead atoms. The summed E-state index contributed by atoms with van der Waals surface area (Å²) >= 11 is 0. The average Bonchev–Trinajstić information content (AvgIpc) is 2.98. The molecule has 8 nitrogen and oxygen atoms in total. The summed E-state index contributed by atoms with van der Waals surface area (Å²) in [6, 6.07) is 6.14. The Morgan fingerprint density at radius 1 is 1.13 bits per heavy atom. The molecule has 30 heavy (non-hydrogen) atoms. The first-order valence-corrected chi connectivity index (χ1v) is 12.1. The Labute approximate surface area is 175 Å². The highest BCUT2D eigenvalue weighted by atomic mass is 32.2. The normalized spacial score (nSPS) is 18.8. The van der Waals surface area contributed by atoms with E-state index >= 15 is 0 Å². The predicted octanol–water partition coefficient (Wildman–Crippen LogP) is 1.18. The van der Waals surface area contributed by atoms with E-state index in [9.17, 15) is 17.6 Å². The highest BCUT2D eigenvalue weighted by molar-refractivity contribution is 7.88. The van der Waals surface area contributed by atoms with Crippen molar-refractivity contribution in [1.82, 2.24) is 24.0 Å². The summed E-state index contributed by atoms with van der Waals surface area (Å²) in [5, 5.41) is 8.74.